The number of allylic oxidation sites excluding steroid dienone is 1. The number of hydrogen-bond donors (Lipinski definition) is 0. The van der Waals surface area contributed by atoms with Crippen LogP contribution in [-0.2, 0) is 19.2 Å². The summed E-state index contributed by atoms with van der Waals surface area (Å²) in [5.41, 5.74) is 5.97. The summed E-state index contributed by atoms with van der Waals surface area (Å²) in [5, 5.41) is 4.48. The summed E-state index contributed by atoms with van der Waals surface area (Å²) in [6.45, 7) is 20.9. The van der Waals surface area contributed by atoms with E-state index >= 15 is 19.2 Å². The van der Waals surface area contributed by atoms with Crippen molar-refractivity contribution >= 4 is 120 Å². The van der Waals surface area contributed by atoms with E-state index in [1.807, 2.05) is 23.1 Å². The Balaban J connectivity index is 0.951. The van der Waals surface area contributed by atoms with E-state index in [0.717, 1.165) is 100 Å². The molecule has 10 heterocycles. The molecule has 0 saturated heterocycles. The van der Waals surface area contributed by atoms with Crippen LogP contribution in [0.1, 0.15) is 405 Å². The first-order valence-corrected chi connectivity index (χ1v) is 52.1. The summed E-state index contributed by atoms with van der Waals surface area (Å²) in [4.78, 5) is 82.8. The van der Waals surface area contributed by atoms with Gasteiger partial charge >= 0.3 is 0 Å². The molecule has 0 saturated carbocycles. The molecular weight excluding hydrogens is 1510 g/mol. The van der Waals surface area contributed by atoms with Gasteiger partial charge in [-0.3, -0.25) is 19.2 Å². The first kappa shape index (κ1) is 91.7. The van der Waals surface area contributed by atoms with Crippen LogP contribution in [0.5, 0.6) is 0 Å². The second kappa shape index (κ2) is 50.5. The van der Waals surface area contributed by atoms with E-state index in [4.69, 9.17) is 0 Å². The quantitative estimate of drug-likeness (QED) is 0.0362. The largest absolute Gasteiger partial charge is 0.306 e. The zero-order valence-electron chi connectivity index (χ0n) is 72.2. The Morgan fingerprint density at radius 3 is 0.851 bits per heavy atom. The molecule has 5 aromatic rings. The predicted molar refractivity (Wildman–Crippen MR) is 499 cm³/mol. The van der Waals surface area contributed by atoms with Gasteiger partial charge in [-0.1, -0.05) is 330 Å². The lowest BCUT2D eigenvalue weighted by Crippen LogP contribution is -2.34. The lowest BCUT2D eigenvalue weighted by atomic mass is 9.93. The van der Waals surface area contributed by atoms with Crippen LogP contribution in [-0.4, -0.2) is 69.4 Å². The van der Waals surface area contributed by atoms with Gasteiger partial charge in [0, 0.05) is 55.8 Å². The Labute approximate surface area is 716 Å². The molecule has 4 amide bonds. The molecule has 14 heteroatoms. The molecule has 0 bridgehead atoms. The molecule has 114 heavy (non-hydrogen) atoms. The fourth-order valence-corrected chi connectivity index (χ4v) is 25.0. The first-order valence-electron chi connectivity index (χ1n) is 47.0. The van der Waals surface area contributed by atoms with E-state index in [1.54, 1.807) is 45.3 Å². The molecule has 5 aromatic heterocycles. The number of fused-ring (bicyclic) bond motifs is 2. The lowest BCUT2D eigenvalue weighted by Gasteiger charge is -2.29. The van der Waals surface area contributed by atoms with Crippen molar-refractivity contribution in [3.8, 4) is 9.75 Å². The van der Waals surface area contributed by atoms with Gasteiger partial charge < -0.3 is 19.6 Å². The Morgan fingerprint density at radius 2 is 0.544 bits per heavy atom. The predicted octanol–water partition coefficient (Wildman–Crippen LogP) is 31.8. The van der Waals surface area contributed by atoms with Gasteiger partial charge in [0.2, 0.25) is 0 Å². The van der Waals surface area contributed by atoms with E-state index < -0.39 is 0 Å². The van der Waals surface area contributed by atoms with Crippen LogP contribution >= 0.6 is 68.4 Å². The van der Waals surface area contributed by atoms with Gasteiger partial charge in [0.05, 0.1) is 64.6 Å². The Kier molecular flexibility index (Phi) is 40.6. The number of hydrogen-bond acceptors (Lipinski definition) is 10. The summed E-state index contributed by atoms with van der Waals surface area (Å²) in [7, 11) is 0. The number of rotatable bonds is 63. The van der Waals surface area contributed by atoms with Crippen molar-refractivity contribution in [3.05, 3.63) is 129 Å². The molecule has 5 unspecified atom stereocenters. The highest BCUT2D eigenvalue weighted by Gasteiger charge is 2.52. The minimum absolute atomic E-state index is 0.0188. The highest BCUT2D eigenvalue weighted by Crippen LogP contribution is 2.56. The highest BCUT2D eigenvalue weighted by atomic mass is 32.2. The molecule has 0 aliphatic carbocycles. The molecule has 628 valence electrons. The average Bonchev–Trinajstić information content (AvgIpc) is 1.56. The molecule has 0 N–H and O–H groups in total. The maximum absolute atomic E-state index is 16.0. The second-order valence-electron chi connectivity index (χ2n) is 34.5. The summed E-state index contributed by atoms with van der Waals surface area (Å²) >= 11 is 10.7. The van der Waals surface area contributed by atoms with Crippen molar-refractivity contribution in [2.24, 2.45) is 23.7 Å². The van der Waals surface area contributed by atoms with Gasteiger partial charge in [-0.2, -0.15) is 0 Å². The van der Waals surface area contributed by atoms with Gasteiger partial charge in [0.1, 0.15) is 0 Å². The van der Waals surface area contributed by atoms with Gasteiger partial charge in [0.15, 0.2) is 0 Å². The fraction of sp³-hybridized carbons (Fsp3) is 0.660. The number of unbranched alkanes of at least 4 members (excludes halogenated alkanes) is 32. The zero-order chi connectivity index (χ0) is 80.2. The number of thiophene rings is 5. The maximum atomic E-state index is 16.0. The van der Waals surface area contributed by atoms with Crippen molar-refractivity contribution in [1.29, 1.82) is 0 Å². The van der Waals surface area contributed by atoms with Crippen molar-refractivity contribution in [1.82, 2.24) is 19.6 Å². The van der Waals surface area contributed by atoms with Gasteiger partial charge in [-0.15, -0.1) is 68.4 Å². The van der Waals surface area contributed by atoms with E-state index in [9.17, 15) is 0 Å². The molecule has 5 aliphatic rings. The molecular formula is C100H148N4O4S6. The second-order valence-corrected chi connectivity index (χ2v) is 41.0. The first-order chi connectivity index (χ1) is 56.0. The standard InChI is InChI=1S/C100H148N4O4S6/c1-9-17-25-33-37-45-55-75(51-41-29-21-13-5)71-101-93(85-59-49-69-109-85)89-91(99(101)107)95(103(97(89)105)73-77(53-43-31-23-15-7)57-47-39-35-27-19-11-3)87-67-65-83(113-87)81-63-61-79(111-81)80-62-64-82(112-80)84-66-68-88(114-84)96-92-90(98(106)104(96)74-78(54-44-32-24-16-8)58-48-40-36-28-20-12-4)94(86-60-50-70-110-86)102(100(92)108)72-76(52-42-30-22-14-6)56-46-38-34-26-18-10-2/h49-50,59-61,63-70,75-78,80H,9-48,51-58,62,71-74H2,1-8H3. The number of nitrogens with zero attached hydrogens (tertiary/aromatic N) is 4. The van der Waals surface area contributed by atoms with Crippen LogP contribution < -0.4 is 0 Å². The molecule has 5 aliphatic heterocycles. The third kappa shape index (κ3) is 25.7. The minimum atomic E-state index is 0.0188. The van der Waals surface area contributed by atoms with Crippen molar-refractivity contribution in [2.45, 2.75) is 375 Å². The fourth-order valence-electron chi connectivity index (χ4n) is 18.6. The average molecular weight is 1660 g/mol. The van der Waals surface area contributed by atoms with Crippen LogP contribution in [0.3, 0.4) is 0 Å². The van der Waals surface area contributed by atoms with Crippen molar-refractivity contribution in [2.75, 3.05) is 26.2 Å². The van der Waals surface area contributed by atoms with Crippen LogP contribution in [0.2, 0.25) is 0 Å². The van der Waals surface area contributed by atoms with E-state index in [-0.39, 0.29) is 28.9 Å². The third-order valence-electron chi connectivity index (χ3n) is 25.3. The SMILES string of the molecule is CCCCCCCCC(CCCCCC)CN1C(=O)C2=C(c3ccc(C4=CCC(c5ccc(-c6ccc(C7=C8C(=O)N(CC(CCCCCC)CCCCCCCC)C(c9cccs9)=C8C(=O)N7CC(CCCCCC)CCCCCCCC)s6)s5)S4)s3)N(CC(CCCCCC)CCCCCCCC)C(=O)C2=C1c1cccs1. The van der Waals surface area contributed by atoms with Gasteiger partial charge in [-0.25, -0.2) is 0 Å². The van der Waals surface area contributed by atoms with Crippen molar-refractivity contribution < 1.29 is 19.2 Å². The molecule has 0 aromatic carbocycles. The van der Waals surface area contributed by atoms with Crippen molar-refractivity contribution in [3.63, 3.8) is 0 Å². The summed E-state index contributed by atoms with van der Waals surface area (Å²) in [6.07, 6.45) is 61.6. The molecule has 0 spiro atoms. The molecule has 5 atom stereocenters. The number of carbonyl (C=O) groups excluding carboxylic acids is 4. The minimum Gasteiger partial charge on any atom is -0.306 e. The highest BCUT2D eigenvalue weighted by molar-refractivity contribution is 8.09. The molecule has 8 nitrogen and oxygen atoms in total. The molecule has 0 radical (unpaired) electrons. The van der Waals surface area contributed by atoms with Crippen LogP contribution in [0.4, 0.5) is 0 Å². The third-order valence-corrected chi connectivity index (χ3v) is 32.3. The van der Waals surface area contributed by atoms with Gasteiger partial charge in [0.25, 0.3) is 23.6 Å². The van der Waals surface area contributed by atoms with E-state index in [2.05, 4.69) is 152 Å². The Bertz CT molecular complexity index is 3850. The lowest BCUT2D eigenvalue weighted by molar-refractivity contribution is -0.124. The van der Waals surface area contributed by atoms with E-state index in [0.29, 0.717) is 72.1 Å². The van der Waals surface area contributed by atoms with E-state index in [1.165, 1.54) is 281 Å². The number of amides is 4. The zero-order valence-corrected chi connectivity index (χ0v) is 77.1. The topological polar surface area (TPSA) is 81.2 Å². The number of carbonyl (C=O) groups is 4. The van der Waals surface area contributed by atoms with Crippen LogP contribution in [0.15, 0.2) is 99.8 Å². The number of thioether (sulfide) groups is 1. The van der Waals surface area contributed by atoms with Crippen LogP contribution in [0.25, 0.3) is 37.4 Å². The van der Waals surface area contributed by atoms with Crippen LogP contribution in [0, 0.1) is 23.7 Å². The Hall–Kier alpha value is -4.57. The smallest absolute Gasteiger partial charge is 0.261 e. The summed E-state index contributed by atoms with van der Waals surface area (Å²) in [5.74, 6) is 1.52. The summed E-state index contributed by atoms with van der Waals surface area (Å²) < 4.78 is 0. The summed E-state index contributed by atoms with van der Waals surface area (Å²) in [6, 6.07) is 22.2. The molecule has 10 rings (SSSR count). The maximum Gasteiger partial charge on any atom is 0.261 e. The molecule has 0 fully saturated rings. The monoisotopic (exact) mass is 1660 g/mol. The normalized spacial score (nSPS) is 17.0. The van der Waals surface area contributed by atoms with Gasteiger partial charge in [-0.05, 0) is 141 Å². The Morgan fingerprint density at radius 1 is 0.289 bits per heavy atom.